The molecule has 2 fully saturated rings. The summed E-state index contributed by atoms with van der Waals surface area (Å²) in [5.41, 5.74) is 9.69. The van der Waals surface area contributed by atoms with Gasteiger partial charge < -0.3 is 35.7 Å². The first-order valence-electron chi connectivity index (χ1n) is 17.5. The monoisotopic (exact) mass is 686 g/mol. The van der Waals surface area contributed by atoms with Crippen molar-refractivity contribution < 1.29 is 33.7 Å². The lowest BCUT2D eigenvalue weighted by Gasteiger charge is -2.38. The Balaban J connectivity index is 1.17. The first-order chi connectivity index (χ1) is 24.0. The van der Waals surface area contributed by atoms with E-state index >= 15 is 0 Å². The van der Waals surface area contributed by atoms with E-state index in [-0.39, 0.29) is 49.1 Å². The van der Waals surface area contributed by atoms with Crippen LogP contribution in [0.1, 0.15) is 94.8 Å². The van der Waals surface area contributed by atoms with Gasteiger partial charge >= 0.3 is 5.97 Å². The van der Waals surface area contributed by atoms with E-state index in [9.17, 15) is 19.5 Å². The molecule has 3 aromatic rings. The van der Waals surface area contributed by atoms with Crippen LogP contribution in [0.5, 0.6) is 0 Å². The number of carbonyl (C=O) groups excluding carboxylic acids is 3. The number of amides is 2. The van der Waals surface area contributed by atoms with Gasteiger partial charge in [0, 0.05) is 37.1 Å². The normalized spacial score (nSPS) is 21.0. The second-order valence-electron chi connectivity index (χ2n) is 14.0. The van der Waals surface area contributed by atoms with Gasteiger partial charge in [-0.2, -0.15) is 0 Å². The van der Waals surface area contributed by atoms with Crippen LogP contribution in [0.4, 0.5) is 17.1 Å². The van der Waals surface area contributed by atoms with Crippen molar-refractivity contribution in [3.8, 4) is 0 Å². The summed E-state index contributed by atoms with van der Waals surface area (Å²) in [6, 6.07) is 21.9. The second kappa shape index (κ2) is 17.1. The molecule has 0 radical (unpaired) electrons. The smallest absolute Gasteiger partial charge is 0.323 e. The molecule has 2 aliphatic heterocycles. The molecule has 2 saturated heterocycles. The van der Waals surface area contributed by atoms with Gasteiger partial charge in [-0.1, -0.05) is 48.5 Å². The van der Waals surface area contributed by atoms with Crippen LogP contribution in [0, 0.1) is 0 Å². The van der Waals surface area contributed by atoms with Crippen LogP contribution >= 0.6 is 0 Å². The van der Waals surface area contributed by atoms with Gasteiger partial charge in [0.1, 0.15) is 11.6 Å². The molecule has 11 nitrogen and oxygen atoms in total. The van der Waals surface area contributed by atoms with Gasteiger partial charge in [0.15, 0.2) is 6.29 Å². The zero-order valence-electron chi connectivity index (χ0n) is 29.2. The summed E-state index contributed by atoms with van der Waals surface area (Å²) >= 11 is 0. The van der Waals surface area contributed by atoms with E-state index in [1.807, 2.05) is 81.4 Å². The Kier molecular flexibility index (Phi) is 12.6. The number of benzene rings is 3. The van der Waals surface area contributed by atoms with E-state index in [1.165, 1.54) is 0 Å². The third-order valence-electron chi connectivity index (χ3n) is 8.85. The number of carbonyl (C=O) groups is 3. The van der Waals surface area contributed by atoms with Crippen LogP contribution in [-0.2, 0) is 35.2 Å². The first kappa shape index (κ1) is 37.0. The molecule has 0 aromatic heterocycles. The van der Waals surface area contributed by atoms with Gasteiger partial charge in [-0.05, 0) is 88.4 Å². The number of rotatable bonds is 13. The fourth-order valence-corrected chi connectivity index (χ4v) is 6.32. The van der Waals surface area contributed by atoms with Crippen molar-refractivity contribution in [1.29, 1.82) is 0 Å². The number of nitrogen functional groups attached to an aromatic ring is 1. The molecule has 0 spiro atoms. The number of para-hydroxylation sites is 2. The molecule has 2 amide bonds. The maximum atomic E-state index is 13.0. The minimum absolute atomic E-state index is 0.0358. The van der Waals surface area contributed by atoms with Crippen molar-refractivity contribution in [2.75, 3.05) is 29.5 Å². The molecule has 4 atom stereocenters. The van der Waals surface area contributed by atoms with Crippen molar-refractivity contribution in [1.82, 2.24) is 4.90 Å². The maximum Gasteiger partial charge on any atom is 0.323 e. The highest BCUT2D eigenvalue weighted by atomic mass is 16.7. The number of aliphatic hydroxyl groups excluding tert-OH is 1. The lowest BCUT2D eigenvalue weighted by Crippen LogP contribution is -2.45. The first-order valence-corrected chi connectivity index (χ1v) is 17.5. The summed E-state index contributed by atoms with van der Waals surface area (Å²) in [6.45, 7) is 6.96. The van der Waals surface area contributed by atoms with Crippen LogP contribution in [0.2, 0.25) is 0 Å². The highest BCUT2D eigenvalue weighted by molar-refractivity contribution is 5.94. The average molecular weight is 687 g/mol. The fourth-order valence-electron chi connectivity index (χ4n) is 6.32. The number of nitrogens with one attached hydrogen (secondary N) is 2. The molecule has 268 valence electrons. The molecule has 4 unspecified atom stereocenters. The van der Waals surface area contributed by atoms with E-state index in [1.54, 1.807) is 12.1 Å². The van der Waals surface area contributed by atoms with E-state index in [2.05, 4.69) is 15.5 Å². The Morgan fingerprint density at radius 3 is 2.22 bits per heavy atom. The van der Waals surface area contributed by atoms with Gasteiger partial charge in [0.05, 0.1) is 30.2 Å². The fraction of sp³-hybridized carbons (Fsp3) is 0.462. The van der Waals surface area contributed by atoms with Crippen LogP contribution < -0.4 is 16.4 Å². The Morgan fingerprint density at radius 2 is 1.56 bits per heavy atom. The number of hydrogen-bond donors (Lipinski definition) is 4. The molecule has 0 saturated carbocycles. The number of hydrogen-bond acceptors (Lipinski definition) is 9. The van der Waals surface area contributed by atoms with E-state index in [0.29, 0.717) is 49.3 Å². The number of aliphatic hydroxyl groups is 1. The third-order valence-corrected chi connectivity index (χ3v) is 8.85. The van der Waals surface area contributed by atoms with Crippen LogP contribution in [0.15, 0.2) is 72.8 Å². The Labute approximate surface area is 294 Å². The second-order valence-corrected chi connectivity index (χ2v) is 14.0. The molecule has 2 heterocycles. The van der Waals surface area contributed by atoms with Gasteiger partial charge in [0.25, 0.3) is 0 Å². The van der Waals surface area contributed by atoms with Crippen molar-refractivity contribution in [2.45, 2.75) is 102 Å². The van der Waals surface area contributed by atoms with Crippen molar-refractivity contribution in [2.24, 2.45) is 0 Å². The quantitative estimate of drug-likeness (QED) is 0.0929. The lowest BCUT2D eigenvalue weighted by molar-refractivity contribution is -0.253. The van der Waals surface area contributed by atoms with Crippen molar-refractivity contribution in [3.63, 3.8) is 0 Å². The Hall–Kier alpha value is -4.29. The molecule has 11 heteroatoms. The number of anilines is 3. The predicted molar refractivity (Wildman–Crippen MR) is 192 cm³/mol. The summed E-state index contributed by atoms with van der Waals surface area (Å²) in [5, 5.41) is 15.3. The summed E-state index contributed by atoms with van der Waals surface area (Å²) in [5.74, 6) is -0.472. The molecule has 0 bridgehead atoms. The van der Waals surface area contributed by atoms with Crippen LogP contribution in [0.3, 0.4) is 0 Å². The molecule has 5 N–H and O–H groups in total. The van der Waals surface area contributed by atoms with Crippen LogP contribution in [0.25, 0.3) is 0 Å². The topological polar surface area (TPSA) is 152 Å². The number of ether oxygens (including phenoxy) is 3. The highest BCUT2D eigenvalue weighted by Gasteiger charge is 2.39. The number of nitrogens with zero attached hydrogens (tertiary/aromatic N) is 1. The predicted octanol–water partition coefficient (Wildman–Crippen LogP) is 6.25. The molecule has 5 rings (SSSR count). The van der Waals surface area contributed by atoms with Gasteiger partial charge in [-0.3, -0.25) is 19.3 Å². The van der Waals surface area contributed by atoms with Crippen LogP contribution in [-0.4, -0.2) is 58.6 Å². The van der Waals surface area contributed by atoms with E-state index in [0.717, 1.165) is 36.1 Å². The van der Waals surface area contributed by atoms with E-state index in [4.69, 9.17) is 19.9 Å². The summed E-state index contributed by atoms with van der Waals surface area (Å²) in [7, 11) is 0. The maximum absolute atomic E-state index is 13.0. The van der Waals surface area contributed by atoms with Crippen molar-refractivity contribution in [3.05, 3.63) is 89.5 Å². The van der Waals surface area contributed by atoms with Gasteiger partial charge in [-0.25, -0.2) is 0 Å². The standard InChI is InChI=1S/C39H50N4O7/c1-39(2,3)50-37(47)33-11-8-22-43(33)24-30-23-34(27-16-14-26(25-44)15-17-27)49-38(48-30)28-18-20-29(21-19-28)41-35(45)12-6-7-13-36(46)42-32-10-5-4-9-31(32)40/h4-5,9-10,14-21,30,33-34,38,44H,6-8,11-13,22-25,40H2,1-3H3,(H,41,45)(H,42,46). The molecular formula is C39H50N4O7. The number of unbranched alkanes of at least 4 members (excludes halogenated alkanes) is 1. The minimum atomic E-state index is -0.666. The molecule has 0 aliphatic carbocycles. The number of likely N-dealkylation sites (tertiary alicyclic amines) is 1. The van der Waals surface area contributed by atoms with E-state index < -0.39 is 11.9 Å². The Bertz CT molecular complexity index is 1590. The largest absolute Gasteiger partial charge is 0.459 e. The SMILES string of the molecule is CC(C)(C)OC(=O)C1CCCN1CC1CC(c2ccc(CO)cc2)OC(c2ccc(NC(=O)CCCCC(=O)Nc3ccccc3N)cc2)O1. The van der Waals surface area contributed by atoms with Gasteiger partial charge in [-0.15, -0.1) is 0 Å². The molecule has 2 aliphatic rings. The highest BCUT2D eigenvalue weighted by Crippen LogP contribution is 2.39. The Morgan fingerprint density at radius 1 is 0.900 bits per heavy atom. The summed E-state index contributed by atoms with van der Waals surface area (Å²) in [6.07, 6.45) is 2.84. The number of esters is 1. The zero-order chi connectivity index (χ0) is 35.7. The molecule has 3 aromatic carbocycles. The minimum Gasteiger partial charge on any atom is -0.459 e. The molecule has 50 heavy (non-hydrogen) atoms. The number of nitrogens with two attached hydrogens (primary N) is 1. The van der Waals surface area contributed by atoms with Crippen molar-refractivity contribution >= 4 is 34.8 Å². The third kappa shape index (κ3) is 10.6. The van der Waals surface area contributed by atoms with Gasteiger partial charge in [0.2, 0.25) is 11.8 Å². The average Bonchev–Trinajstić information content (AvgIpc) is 3.55. The lowest BCUT2D eigenvalue weighted by atomic mass is 9.99. The summed E-state index contributed by atoms with van der Waals surface area (Å²) < 4.78 is 18.7. The summed E-state index contributed by atoms with van der Waals surface area (Å²) in [4.78, 5) is 40.1. The zero-order valence-corrected chi connectivity index (χ0v) is 29.2. The molecular weight excluding hydrogens is 636 g/mol.